The summed E-state index contributed by atoms with van der Waals surface area (Å²) < 4.78 is 15.2. The lowest BCUT2D eigenvalue weighted by Crippen LogP contribution is -2.44. The zero-order chi connectivity index (χ0) is 21.4. The van der Waals surface area contributed by atoms with Crippen LogP contribution in [0.5, 0.6) is 0 Å². The van der Waals surface area contributed by atoms with Crippen molar-refractivity contribution in [2.24, 2.45) is 5.41 Å². The number of rotatable bonds is 4. The number of nitrogens with one attached hydrogen (secondary N) is 1. The molecule has 1 N–H and O–H groups in total. The van der Waals surface area contributed by atoms with Crippen LogP contribution in [-0.2, 0) is 10.2 Å². The second-order valence-electron chi connectivity index (χ2n) is 8.78. The van der Waals surface area contributed by atoms with Crippen LogP contribution in [0.4, 0.5) is 4.39 Å². The van der Waals surface area contributed by atoms with Crippen LogP contribution >= 0.6 is 23.2 Å². The molecule has 1 heterocycles. The monoisotopic (exact) mass is 432 g/mol. The zero-order valence-electron chi connectivity index (χ0n) is 16.5. The van der Waals surface area contributed by atoms with E-state index in [-0.39, 0.29) is 16.0 Å². The van der Waals surface area contributed by atoms with E-state index in [4.69, 9.17) is 23.2 Å². The maximum Gasteiger partial charge on any atom is 0.137 e. The van der Waals surface area contributed by atoms with Crippen molar-refractivity contribution in [3.8, 4) is 6.07 Å². The molecular formula is C23H23Cl2FN2O. The number of hydrogen-bond donors (Lipinski definition) is 1. The minimum atomic E-state index is -1.31. The first-order valence-corrected chi connectivity index (χ1v) is 10.2. The molecule has 0 aliphatic carbocycles. The summed E-state index contributed by atoms with van der Waals surface area (Å²) in [7, 11) is 0. The fraction of sp³-hybridized carbons (Fsp3) is 0.391. The Hall–Kier alpha value is -1.93. The van der Waals surface area contributed by atoms with E-state index in [1.54, 1.807) is 30.3 Å². The van der Waals surface area contributed by atoms with Crippen LogP contribution in [0.2, 0.25) is 10.0 Å². The van der Waals surface area contributed by atoms with Gasteiger partial charge in [0, 0.05) is 27.6 Å². The molecule has 4 atom stereocenters. The molecular weight excluding hydrogens is 410 g/mol. The third kappa shape index (κ3) is 4.05. The maximum absolute atomic E-state index is 15.2. The van der Waals surface area contributed by atoms with Crippen molar-refractivity contribution >= 4 is 29.5 Å². The van der Waals surface area contributed by atoms with Gasteiger partial charge in [0.2, 0.25) is 0 Å². The average molecular weight is 433 g/mol. The molecule has 0 unspecified atom stereocenters. The van der Waals surface area contributed by atoms with E-state index in [2.05, 4.69) is 32.2 Å². The molecule has 3 nitrogen and oxygen atoms in total. The summed E-state index contributed by atoms with van der Waals surface area (Å²) in [6.07, 6.45) is 1.37. The molecule has 29 heavy (non-hydrogen) atoms. The molecule has 1 aliphatic rings. The van der Waals surface area contributed by atoms with Crippen LogP contribution in [0, 0.1) is 22.6 Å². The largest absolute Gasteiger partial charge is 0.302 e. The molecule has 0 amide bonds. The Morgan fingerprint density at radius 2 is 1.90 bits per heavy atom. The highest BCUT2D eigenvalue weighted by molar-refractivity contribution is 6.30. The highest BCUT2D eigenvalue weighted by Crippen LogP contribution is 2.51. The van der Waals surface area contributed by atoms with E-state index >= 15 is 4.39 Å². The minimum absolute atomic E-state index is 0.153. The first-order valence-electron chi connectivity index (χ1n) is 9.46. The van der Waals surface area contributed by atoms with E-state index in [0.29, 0.717) is 11.4 Å². The Morgan fingerprint density at radius 3 is 2.45 bits per heavy atom. The van der Waals surface area contributed by atoms with Gasteiger partial charge in [-0.25, -0.2) is 4.39 Å². The third-order valence-corrected chi connectivity index (χ3v) is 6.00. The molecule has 1 saturated heterocycles. The number of hydrogen-bond acceptors (Lipinski definition) is 3. The minimum Gasteiger partial charge on any atom is -0.302 e. The van der Waals surface area contributed by atoms with Gasteiger partial charge in [0.25, 0.3) is 0 Å². The van der Waals surface area contributed by atoms with Crippen LogP contribution in [0.3, 0.4) is 0 Å². The number of aldehydes is 1. The number of halogens is 3. The molecule has 0 bridgehead atoms. The molecule has 0 saturated carbocycles. The van der Waals surface area contributed by atoms with Gasteiger partial charge in [-0.1, -0.05) is 62.2 Å². The smallest absolute Gasteiger partial charge is 0.137 e. The Kier molecular flexibility index (Phi) is 6.06. The fourth-order valence-electron chi connectivity index (χ4n) is 4.47. The summed E-state index contributed by atoms with van der Waals surface area (Å²) in [6, 6.07) is 12.7. The van der Waals surface area contributed by atoms with E-state index in [1.807, 2.05) is 6.07 Å². The van der Waals surface area contributed by atoms with E-state index in [1.165, 1.54) is 6.07 Å². The molecule has 1 fully saturated rings. The first kappa shape index (κ1) is 21.8. The highest BCUT2D eigenvalue weighted by Gasteiger charge is 2.58. The maximum atomic E-state index is 15.2. The zero-order valence-corrected chi connectivity index (χ0v) is 18.1. The van der Waals surface area contributed by atoms with Gasteiger partial charge in [-0.3, -0.25) is 0 Å². The van der Waals surface area contributed by atoms with Crippen molar-refractivity contribution in [2.75, 3.05) is 0 Å². The first-order chi connectivity index (χ1) is 13.6. The normalized spacial score (nSPS) is 26.9. The summed E-state index contributed by atoms with van der Waals surface area (Å²) in [5.41, 5.74) is -0.507. The molecule has 6 heteroatoms. The lowest BCUT2D eigenvalue weighted by Gasteiger charge is -2.37. The van der Waals surface area contributed by atoms with Gasteiger partial charge in [-0.2, -0.15) is 5.26 Å². The Balaban J connectivity index is 2.30. The highest BCUT2D eigenvalue weighted by atomic mass is 35.5. The number of benzene rings is 2. The van der Waals surface area contributed by atoms with Crippen LogP contribution in [0.25, 0.3) is 0 Å². The molecule has 0 spiro atoms. The van der Waals surface area contributed by atoms with Gasteiger partial charge >= 0.3 is 0 Å². The van der Waals surface area contributed by atoms with Crippen molar-refractivity contribution in [1.82, 2.24) is 5.32 Å². The standard InChI is InChI=1S/C23H23Cl2FN2O/c1-22(2,3)11-20-23(13-27,17-8-7-16(25)10-18(17)26)21(19(12-29)28-20)14-5-4-6-15(24)9-14/h4-10,12,19-21,28H,11H2,1-3H3/t19-,20-,21-,23-/m0/s1. The summed E-state index contributed by atoms with van der Waals surface area (Å²) in [5.74, 6) is -1.16. The quantitative estimate of drug-likeness (QED) is 0.634. The van der Waals surface area contributed by atoms with E-state index in [9.17, 15) is 10.1 Å². The van der Waals surface area contributed by atoms with Gasteiger partial charge in [0.1, 0.15) is 17.5 Å². The molecule has 152 valence electrons. The molecule has 2 aromatic rings. The fourth-order valence-corrected chi connectivity index (χ4v) is 4.83. The predicted octanol–water partition coefficient (Wildman–Crippen LogP) is 5.65. The molecule has 2 aromatic carbocycles. The number of carbonyl (C=O) groups excluding carboxylic acids is 1. The van der Waals surface area contributed by atoms with Crippen LogP contribution in [0.1, 0.15) is 44.2 Å². The second kappa shape index (κ2) is 8.07. The second-order valence-corrected chi connectivity index (χ2v) is 9.66. The van der Waals surface area contributed by atoms with Gasteiger partial charge < -0.3 is 10.1 Å². The van der Waals surface area contributed by atoms with Crippen molar-refractivity contribution < 1.29 is 9.18 Å². The Bertz CT molecular complexity index is 966. The van der Waals surface area contributed by atoms with Gasteiger partial charge in [-0.05, 0) is 41.7 Å². The van der Waals surface area contributed by atoms with Gasteiger partial charge in [0.15, 0.2) is 0 Å². The van der Waals surface area contributed by atoms with Crippen LogP contribution < -0.4 is 5.32 Å². The SMILES string of the molecule is CC(C)(C)C[C@@H]1N[C@@H](C=O)[C@H](c2cccc(Cl)c2)[C@@]1(C#N)c1ccc(Cl)cc1F. The van der Waals surface area contributed by atoms with E-state index < -0.39 is 29.2 Å². The molecule has 1 aliphatic heterocycles. The molecule has 3 rings (SSSR count). The summed E-state index contributed by atoms with van der Waals surface area (Å²) >= 11 is 12.2. The Morgan fingerprint density at radius 1 is 1.21 bits per heavy atom. The van der Waals surface area contributed by atoms with Crippen molar-refractivity contribution in [3.63, 3.8) is 0 Å². The summed E-state index contributed by atoms with van der Waals surface area (Å²) in [4.78, 5) is 12.0. The number of nitriles is 1. The third-order valence-electron chi connectivity index (χ3n) is 5.53. The molecule has 0 radical (unpaired) electrons. The predicted molar refractivity (Wildman–Crippen MR) is 114 cm³/mol. The lowest BCUT2D eigenvalue weighted by molar-refractivity contribution is -0.109. The van der Waals surface area contributed by atoms with Crippen molar-refractivity contribution in [2.45, 2.75) is 50.6 Å². The topological polar surface area (TPSA) is 52.9 Å². The lowest BCUT2D eigenvalue weighted by atomic mass is 9.63. The average Bonchev–Trinajstić information content (AvgIpc) is 2.94. The number of nitrogens with zero attached hydrogens (tertiary/aromatic N) is 1. The molecule has 0 aromatic heterocycles. The van der Waals surface area contributed by atoms with Crippen LogP contribution in [-0.4, -0.2) is 18.4 Å². The van der Waals surface area contributed by atoms with Crippen molar-refractivity contribution in [3.05, 3.63) is 69.5 Å². The summed E-state index contributed by atoms with van der Waals surface area (Å²) in [5, 5.41) is 14.6. The number of carbonyl (C=O) groups is 1. The van der Waals surface area contributed by atoms with E-state index in [0.717, 1.165) is 11.8 Å². The van der Waals surface area contributed by atoms with Crippen LogP contribution in [0.15, 0.2) is 42.5 Å². The van der Waals surface area contributed by atoms with Gasteiger partial charge in [-0.15, -0.1) is 0 Å². The van der Waals surface area contributed by atoms with Gasteiger partial charge in [0.05, 0.1) is 12.1 Å². The van der Waals surface area contributed by atoms with Crippen molar-refractivity contribution in [1.29, 1.82) is 5.26 Å². The summed E-state index contributed by atoms with van der Waals surface area (Å²) in [6.45, 7) is 6.16. The Labute approximate surface area is 180 Å².